The molecule has 0 fully saturated rings. The van der Waals surface area contributed by atoms with E-state index in [9.17, 15) is 13.2 Å². The minimum absolute atomic E-state index is 0.0242. The molecule has 1 amide bonds. The Bertz CT molecular complexity index is 527. The van der Waals surface area contributed by atoms with Crippen LogP contribution in [0.1, 0.15) is 18.9 Å². The van der Waals surface area contributed by atoms with Crippen molar-refractivity contribution in [3.8, 4) is 0 Å². The van der Waals surface area contributed by atoms with E-state index in [4.69, 9.17) is 10.7 Å². The van der Waals surface area contributed by atoms with Crippen molar-refractivity contribution in [2.45, 2.75) is 30.7 Å². The zero-order valence-corrected chi connectivity index (χ0v) is 12.3. The quantitative estimate of drug-likeness (QED) is 0.847. The molecule has 0 aliphatic carbocycles. The maximum absolute atomic E-state index is 11.1. The summed E-state index contributed by atoms with van der Waals surface area (Å²) in [5, 5.41) is 2.66. The van der Waals surface area contributed by atoms with Crippen molar-refractivity contribution in [3.05, 3.63) is 29.8 Å². The standard InChI is InChI=1S/C12H16ClNO4S/c1-9(14-12(15)18-2)3-4-10-5-7-11(8-6-10)19(13,16)17/h5-9H,3-4H2,1-2H3,(H,14,15). The third-order valence-corrected chi connectivity index (χ3v) is 3.99. The highest BCUT2D eigenvalue weighted by atomic mass is 35.7. The fourth-order valence-electron chi connectivity index (χ4n) is 1.53. The predicted octanol–water partition coefficient (Wildman–Crippen LogP) is 2.29. The molecule has 1 atom stereocenters. The van der Waals surface area contributed by atoms with E-state index >= 15 is 0 Å². The summed E-state index contributed by atoms with van der Waals surface area (Å²) in [6, 6.07) is 6.33. The van der Waals surface area contributed by atoms with Gasteiger partial charge in [-0.05, 0) is 37.5 Å². The summed E-state index contributed by atoms with van der Waals surface area (Å²) in [5.74, 6) is 0. The van der Waals surface area contributed by atoms with E-state index in [1.807, 2.05) is 6.92 Å². The van der Waals surface area contributed by atoms with Gasteiger partial charge >= 0.3 is 6.09 Å². The molecular weight excluding hydrogens is 290 g/mol. The van der Waals surface area contributed by atoms with Crippen LogP contribution in [0.4, 0.5) is 4.79 Å². The smallest absolute Gasteiger partial charge is 0.407 e. The number of halogens is 1. The maximum atomic E-state index is 11.1. The first-order valence-corrected chi connectivity index (χ1v) is 8.02. The SMILES string of the molecule is COC(=O)NC(C)CCc1ccc(S(=O)(=O)Cl)cc1. The number of benzene rings is 1. The van der Waals surface area contributed by atoms with Gasteiger partial charge in [-0.25, -0.2) is 13.2 Å². The second kappa shape index (κ2) is 6.77. The second-order valence-electron chi connectivity index (χ2n) is 4.16. The van der Waals surface area contributed by atoms with E-state index in [0.717, 1.165) is 12.0 Å². The maximum Gasteiger partial charge on any atom is 0.407 e. The summed E-state index contributed by atoms with van der Waals surface area (Å²) in [5.41, 5.74) is 0.975. The van der Waals surface area contributed by atoms with Gasteiger partial charge in [0.25, 0.3) is 9.05 Å². The molecule has 19 heavy (non-hydrogen) atoms. The molecule has 7 heteroatoms. The lowest BCUT2D eigenvalue weighted by molar-refractivity contribution is 0.167. The molecule has 0 bridgehead atoms. The first kappa shape index (κ1) is 15.8. The van der Waals surface area contributed by atoms with E-state index in [2.05, 4.69) is 10.1 Å². The van der Waals surface area contributed by atoms with Crippen LogP contribution in [-0.2, 0) is 20.2 Å². The lowest BCUT2D eigenvalue weighted by Crippen LogP contribution is -2.32. The van der Waals surface area contributed by atoms with Crippen LogP contribution in [-0.4, -0.2) is 27.7 Å². The van der Waals surface area contributed by atoms with Crippen molar-refractivity contribution in [2.24, 2.45) is 0 Å². The van der Waals surface area contributed by atoms with Crippen molar-refractivity contribution >= 4 is 25.8 Å². The average Bonchev–Trinajstić information content (AvgIpc) is 2.35. The van der Waals surface area contributed by atoms with Crippen molar-refractivity contribution in [1.82, 2.24) is 5.32 Å². The van der Waals surface area contributed by atoms with Crippen LogP contribution >= 0.6 is 10.7 Å². The highest BCUT2D eigenvalue weighted by Crippen LogP contribution is 2.16. The summed E-state index contributed by atoms with van der Waals surface area (Å²) < 4.78 is 26.6. The molecule has 0 saturated carbocycles. The fourth-order valence-corrected chi connectivity index (χ4v) is 2.30. The molecule has 0 aliphatic rings. The van der Waals surface area contributed by atoms with E-state index < -0.39 is 15.1 Å². The van der Waals surface area contributed by atoms with Gasteiger partial charge in [0.1, 0.15) is 0 Å². The van der Waals surface area contributed by atoms with Crippen molar-refractivity contribution in [3.63, 3.8) is 0 Å². The molecule has 0 saturated heterocycles. The van der Waals surface area contributed by atoms with Gasteiger partial charge in [-0.1, -0.05) is 12.1 Å². The van der Waals surface area contributed by atoms with Crippen molar-refractivity contribution < 1.29 is 17.9 Å². The van der Waals surface area contributed by atoms with Gasteiger partial charge in [-0.2, -0.15) is 0 Å². The molecule has 0 spiro atoms. The van der Waals surface area contributed by atoms with Gasteiger partial charge in [0.2, 0.25) is 0 Å². The Balaban J connectivity index is 2.53. The number of methoxy groups -OCH3 is 1. The summed E-state index contributed by atoms with van der Waals surface area (Å²) in [4.78, 5) is 11.1. The highest BCUT2D eigenvalue weighted by molar-refractivity contribution is 8.13. The molecule has 106 valence electrons. The van der Waals surface area contributed by atoms with Crippen molar-refractivity contribution in [1.29, 1.82) is 0 Å². The lowest BCUT2D eigenvalue weighted by Gasteiger charge is -2.12. The minimum Gasteiger partial charge on any atom is -0.453 e. The molecule has 1 N–H and O–H groups in total. The van der Waals surface area contributed by atoms with Gasteiger partial charge in [0.15, 0.2) is 0 Å². The number of rotatable bonds is 5. The first-order valence-electron chi connectivity index (χ1n) is 5.71. The predicted molar refractivity (Wildman–Crippen MR) is 72.8 cm³/mol. The van der Waals surface area contributed by atoms with Gasteiger partial charge in [-0.15, -0.1) is 0 Å². The fraction of sp³-hybridized carbons (Fsp3) is 0.417. The number of nitrogens with one attached hydrogen (secondary N) is 1. The Morgan fingerprint density at radius 1 is 1.37 bits per heavy atom. The summed E-state index contributed by atoms with van der Waals surface area (Å²) in [6.45, 7) is 1.87. The second-order valence-corrected chi connectivity index (χ2v) is 6.72. The Morgan fingerprint density at radius 2 is 1.95 bits per heavy atom. The third kappa shape index (κ3) is 5.48. The zero-order valence-electron chi connectivity index (χ0n) is 10.7. The molecule has 1 unspecified atom stereocenters. The Hall–Kier alpha value is -1.27. The monoisotopic (exact) mass is 305 g/mol. The molecule has 5 nitrogen and oxygen atoms in total. The van der Waals surface area contributed by atoms with Crippen LogP contribution in [0.3, 0.4) is 0 Å². The average molecular weight is 306 g/mol. The molecular formula is C12H16ClNO4S. The van der Waals surface area contributed by atoms with Gasteiger partial charge < -0.3 is 10.1 Å². The van der Waals surface area contributed by atoms with Gasteiger partial charge in [-0.3, -0.25) is 0 Å². The van der Waals surface area contributed by atoms with Crippen LogP contribution in [0.15, 0.2) is 29.2 Å². The number of ether oxygens (including phenoxy) is 1. The number of carbonyl (C=O) groups is 1. The molecule has 0 aromatic heterocycles. The molecule has 0 heterocycles. The van der Waals surface area contributed by atoms with Crippen LogP contribution in [0.5, 0.6) is 0 Å². The number of amides is 1. The number of aryl methyl sites for hydroxylation is 1. The number of hydrogen-bond acceptors (Lipinski definition) is 4. The number of hydrogen-bond donors (Lipinski definition) is 1. The number of alkyl carbamates (subject to hydrolysis) is 1. The topological polar surface area (TPSA) is 72.5 Å². The number of carbonyl (C=O) groups excluding carboxylic acids is 1. The van der Waals surface area contributed by atoms with Gasteiger partial charge in [0.05, 0.1) is 12.0 Å². The van der Waals surface area contributed by atoms with Crippen LogP contribution in [0.25, 0.3) is 0 Å². The minimum atomic E-state index is -3.67. The lowest BCUT2D eigenvalue weighted by atomic mass is 10.1. The third-order valence-electron chi connectivity index (χ3n) is 2.62. The van der Waals surface area contributed by atoms with Crippen LogP contribution in [0, 0.1) is 0 Å². The highest BCUT2D eigenvalue weighted by Gasteiger charge is 2.10. The van der Waals surface area contributed by atoms with Crippen LogP contribution in [0.2, 0.25) is 0 Å². The normalized spacial score (nSPS) is 12.8. The summed E-state index contributed by atoms with van der Waals surface area (Å²) in [6.07, 6.45) is 0.978. The molecule has 1 aromatic rings. The molecule has 0 radical (unpaired) electrons. The first-order chi connectivity index (χ1) is 8.82. The Kier molecular flexibility index (Phi) is 5.62. The Morgan fingerprint density at radius 3 is 2.42 bits per heavy atom. The van der Waals surface area contributed by atoms with E-state index in [1.54, 1.807) is 12.1 Å². The Labute approximate surface area is 117 Å². The molecule has 0 aliphatic heterocycles. The largest absolute Gasteiger partial charge is 0.453 e. The van der Waals surface area contributed by atoms with Crippen LogP contribution < -0.4 is 5.32 Å². The van der Waals surface area contributed by atoms with E-state index in [1.165, 1.54) is 19.2 Å². The summed E-state index contributed by atoms with van der Waals surface area (Å²) >= 11 is 0. The zero-order chi connectivity index (χ0) is 14.5. The summed E-state index contributed by atoms with van der Waals surface area (Å²) in [7, 11) is 2.86. The molecule has 1 rings (SSSR count). The molecule has 1 aromatic carbocycles. The van der Waals surface area contributed by atoms with E-state index in [-0.39, 0.29) is 10.9 Å². The van der Waals surface area contributed by atoms with E-state index in [0.29, 0.717) is 6.42 Å². The van der Waals surface area contributed by atoms with Crippen molar-refractivity contribution in [2.75, 3.05) is 7.11 Å². The van der Waals surface area contributed by atoms with Gasteiger partial charge in [0, 0.05) is 16.7 Å².